The van der Waals surface area contributed by atoms with Crippen LogP contribution in [0.15, 0.2) is 10.7 Å². The Kier molecular flexibility index (Phi) is 5.56. The van der Waals surface area contributed by atoms with Crippen LogP contribution in [0.2, 0.25) is 0 Å². The number of aliphatic hydroxyl groups excluding tert-OH is 1. The van der Waals surface area contributed by atoms with Crippen LogP contribution in [0.4, 0.5) is 11.8 Å². The van der Waals surface area contributed by atoms with E-state index in [0.717, 1.165) is 4.47 Å². The average molecular weight is 306 g/mol. The molecule has 8 heteroatoms. The zero-order valence-electron chi connectivity index (χ0n) is 9.72. The fourth-order valence-corrected chi connectivity index (χ4v) is 1.84. The number of nitrogens with zero attached hydrogens (tertiary/aromatic N) is 3. The largest absolute Gasteiger partial charge is 0.389 e. The molecule has 0 saturated heterocycles. The number of hydrogen-bond donors (Lipinski definition) is 3. The number of methoxy groups -OCH3 is 1. The quantitative estimate of drug-likeness (QED) is 0.501. The third-order valence-electron chi connectivity index (χ3n) is 2.06. The third kappa shape index (κ3) is 4.08. The van der Waals surface area contributed by atoms with E-state index >= 15 is 0 Å². The van der Waals surface area contributed by atoms with E-state index in [1.165, 1.54) is 0 Å². The maximum Gasteiger partial charge on any atom is 0.239 e. The van der Waals surface area contributed by atoms with Crippen molar-refractivity contribution < 1.29 is 9.84 Å². The van der Waals surface area contributed by atoms with Crippen LogP contribution in [-0.2, 0) is 4.74 Å². The molecule has 1 rings (SSSR count). The summed E-state index contributed by atoms with van der Waals surface area (Å²) in [7, 11) is 3.35. The van der Waals surface area contributed by atoms with Crippen molar-refractivity contribution in [1.29, 1.82) is 0 Å². The molecule has 0 bridgehead atoms. The Bertz CT molecular complexity index is 365. The molecule has 0 aliphatic heterocycles. The Hall–Kier alpha value is -0.960. The average Bonchev–Trinajstić information content (AvgIpc) is 2.29. The Labute approximate surface area is 108 Å². The van der Waals surface area contributed by atoms with Crippen LogP contribution in [0, 0.1) is 0 Å². The number of nitrogens with one attached hydrogen (secondary N) is 1. The summed E-state index contributed by atoms with van der Waals surface area (Å²) in [6.07, 6.45) is 1.01. The number of hydrogen-bond acceptors (Lipinski definition) is 7. The van der Waals surface area contributed by atoms with Gasteiger partial charge >= 0.3 is 0 Å². The first-order chi connectivity index (χ1) is 8.08. The Morgan fingerprint density at radius 1 is 1.71 bits per heavy atom. The van der Waals surface area contributed by atoms with Gasteiger partial charge in [-0.25, -0.2) is 10.8 Å². The predicted octanol–water partition coefficient (Wildman–Crippen LogP) is -0.0318. The second-order valence-electron chi connectivity index (χ2n) is 3.50. The molecule has 0 aliphatic carbocycles. The van der Waals surface area contributed by atoms with Gasteiger partial charge in [0.15, 0.2) is 0 Å². The monoisotopic (exact) mass is 305 g/mol. The number of likely N-dealkylation sites (N-methyl/N-ethyl adjacent to an activating group) is 1. The van der Waals surface area contributed by atoms with Crippen LogP contribution in [0.5, 0.6) is 0 Å². The van der Waals surface area contributed by atoms with Gasteiger partial charge in [0, 0.05) is 26.9 Å². The van der Waals surface area contributed by atoms with E-state index in [1.807, 2.05) is 7.05 Å². The second-order valence-corrected chi connectivity index (χ2v) is 4.35. The van der Waals surface area contributed by atoms with E-state index in [2.05, 4.69) is 31.3 Å². The van der Waals surface area contributed by atoms with Crippen LogP contribution < -0.4 is 16.2 Å². The van der Waals surface area contributed by atoms with Gasteiger partial charge < -0.3 is 14.7 Å². The Morgan fingerprint density at radius 3 is 3.00 bits per heavy atom. The molecule has 1 unspecified atom stereocenters. The molecule has 0 saturated carbocycles. The van der Waals surface area contributed by atoms with E-state index in [9.17, 15) is 5.11 Å². The molecule has 4 N–H and O–H groups in total. The molecule has 1 heterocycles. The van der Waals surface area contributed by atoms with Gasteiger partial charge in [-0.2, -0.15) is 4.98 Å². The van der Waals surface area contributed by atoms with Crippen LogP contribution >= 0.6 is 15.9 Å². The predicted molar refractivity (Wildman–Crippen MR) is 68.7 cm³/mol. The Balaban J connectivity index is 2.76. The highest BCUT2D eigenvalue weighted by Gasteiger charge is 2.13. The van der Waals surface area contributed by atoms with E-state index in [0.29, 0.717) is 18.3 Å². The van der Waals surface area contributed by atoms with Crippen molar-refractivity contribution in [3.05, 3.63) is 10.7 Å². The Morgan fingerprint density at radius 2 is 2.41 bits per heavy atom. The van der Waals surface area contributed by atoms with E-state index in [4.69, 9.17) is 10.6 Å². The fraction of sp³-hybridized carbons (Fsp3) is 0.556. The lowest BCUT2D eigenvalue weighted by molar-refractivity contribution is 0.0694. The van der Waals surface area contributed by atoms with Gasteiger partial charge in [-0.15, -0.1) is 0 Å². The summed E-state index contributed by atoms with van der Waals surface area (Å²) in [5.41, 5.74) is 2.37. The number of hydrazine groups is 1. The summed E-state index contributed by atoms with van der Waals surface area (Å²) >= 11 is 3.34. The molecule has 0 aromatic carbocycles. The fourth-order valence-electron chi connectivity index (χ4n) is 1.34. The number of ether oxygens (including phenoxy) is 1. The SMILES string of the molecule is COCC(O)CN(C)c1nc(NN)ncc1Br. The smallest absolute Gasteiger partial charge is 0.239 e. The van der Waals surface area contributed by atoms with Gasteiger partial charge in [-0.1, -0.05) is 0 Å². The maximum absolute atomic E-state index is 9.63. The van der Waals surface area contributed by atoms with E-state index < -0.39 is 6.10 Å². The summed E-state index contributed by atoms with van der Waals surface area (Å²) in [6.45, 7) is 0.669. The van der Waals surface area contributed by atoms with Gasteiger partial charge in [0.25, 0.3) is 0 Å². The van der Waals surface area contributed by atoms with Gasteiger partial charge in [0.05, 0.1) is 17.2 Å². The number of rotatable bonds is 6. The van der Waals surface area contributed by atoms with Crippen molar-refractivity contribution in [1.82, 2.24) is 9.97 Å². The van der Waals surface area contributed by atoms with E-state index in [1.54, 1.807) is 18.2 Å². The first-order valence-electron chi connectivity index (χ1n) is 4.95. The highest BCUT2D eigenvalue weighted by Crippen LogP contribution is 2.23. The second kappa shape index (κ2) is 6.70. The highest BCUT2D eigenvalue weighted by molar-refractivity contribution is 9.10. The number of aromatic nitrogens is 2. The van der Waals surface area contributed by atoms with Crippen molar-refractivity contribution in [3.8, 4) is 0 Å². The molecule has 0 amide bonds. The zero-order chi connectivity index (χ0) is 12.8. The molecule has 0 spiro atoms. The molecular weight excluding hydrogens is 290 g/mol. The zero-order valence-corrected chi connectivity index (χ0v) is 11.3. The minimum Gasteiger partial charge on any atom is -0.389 e. The summed E-state index contributed by atoms with van der Waals surface area (Å²) in [5, 5.41) is 9.63. The summed E-state index contributed by atoms with van der Waals surface area (Å²) in [6, 6.07) is 0. The first-order valence-corrected chi connectivity index (χ1v) is 5.75. The van der Waals surface area contributed by atoms with Crippen molar-refractivity contribution in [2.45, 2.75) is 6.10 Å². The third-order valence-corrected chi connectivity index (χ3v) is 2.62. The molecule has 1 aromatic heterocycles. The van der Waals surface area contributed by atoms with Gasteiger partial charge in [-0.3, -0.25) is 5.43 Å². The van der Waals surface area contributed by atoms with Gasteiger partial charge in [-0.05, 0) is 15.9 Å². The van der Waals surface area contributed by atoms with Crippen molar-refractivity contribution >= 4 is 27.7 Å². The highest BCUT2D eigenvalue weighted by atomic mass is 79.9. The standard InChI is InChI=1S/C9H16BrN5O2/c1-15(4-6(16)5-17-2)8-7(10)3-12-9(13-8)14-11/h3,6,16H,4-5,11H2,1-2H3,(H,12,13,14). The summed E-state index contributed by atoms with van der Waals surface area (Å²) < 4.78 is 5.59. The van der Waals surface area contributed by atoms with E-state index in [-0.39, 0.29) is 6.61 Å². The number of aliphatic hydroxyl groups is 1. The number of nitrogen functional groups attached to an aromatic ring is 1. The van der Waals surface area contributed by atoms with Crippen molar-refractivity contribution in [2.24, 2.45) is 5.84 Å². The van der Waals surface area contributed by atoms with Crippen LogP contribution in [0.25, 0.3) is 0 Å². The summed E-state index contributed by atoms with van der Waals surface area (Å²) in [4.78, 5) is 9.92. The lowest BCUT2D eigenvalue weighted by Crippen LogP contribution is -2.32. The lowest BCUT2D eigenvalue weighted by Gasteiger charge is -2.22. The van der Waals surface area contributed by atoms with Crippen LogP contribution in [0.3, 0.4) is 0 Å². The molecule has 17 heavy (non-hydrogen) atoms. The topological polar surface area (TPSA) is 96.5 Å². The molecular formula is C9H16BrN5O2. The molecule has 1 aromatic rings. The van der Waals surface area contributed by atoms with Crippen molar-refractivity contribution in [3.63, 3.8) is 0 Å². The minimum atomic E-state index is -0.582. The van der Waals surface area contributed by atoms with Crippen LogP contribution in [0.1, 0.15) is 0 Å². The summed E-state index contributed by atoms with van der Waals surface area (Å²) in [5.74, 6) is 6.20. The molecule has 96 valence electrons. The van der Waals surface area contributed by atoms with Gasteiger partial charge in [0.2, 0.25) is 5.95 Å². The van der Waals surface area contributed by atoms with Crippen LogP contribution in [-0.4, -0.2) is 48.5 Å². The van der Waals surface area contributed by atoms with Crippen molar-refractivity contribution in [2.75, 3.05) is 37.6 Å². The normalized spacial score (nSPS) is 12.3. The molecule has 1 atom stereocenters. The minimum absolute atomic E-state index is 0.273. The molecule has 0 aliphatic rings. The molecule has 0 radical (unpaired) electrons. The molecule has 7 nitrogen and oxygen atoms in total. The molecule has 0 fully saturated rings. The number of nitrogens with two attached hydrogens (primary N) is 1. The number of anilines is 2. The maximum atomic E-state index is 9.63. The van der Waals surface area contributed by atoms with Gasteiger partial charge in [0.1, 0.15) is 5.82 Å². The lowest BCUT2D eigenvalue weighted by atomic mass is 10.3. The first kappa shape index (κ1) is 14.1. The number of halogens is 1.